The summed E-state index contributed by atoms with van der Waals surface area (Å²) in [5.74, 6) is -0.0267. The number of hydrogen-bond acceptors (Lipinski definition) is 3. The van der Waals surface area contributed by atoms with Gasteiger partial charge >= 0.3 is 0 Å². The van der Waals surface area contributed by atoms with Crippen molar-refractivity contribution in [3.63, 3.8) is 0 Å². The normalized spacial score (nSPS) is 19.2. The maximum absolute atomic E-state index is 12.2. The van der Waals surface area contributed by atoms with Crippen molar-refractivity contribution in [1.29, 1.82) is 0 Å². The molecule has 1 aromatic carbocycles. The highest BCUT2D eigenvalue weighted by atomic mass is 16.2. The molecule has 2 aliphatic heterocycles. The van der Waals surface area contributed by atoms with Crippen molar-refractivity contribution in [1.82, 2.24) is 10.6 Å². The zero-order valence-electron chi connectivity index (χ0n) is 12.1. The number of nitrogens with one attached hydrogen (secondary N) is 2. The topological polar surface area (TPSA) is 61.4 Å². The summed E-state index contributed by atoms with van der Waals surface area (Å²) in [7, 11) is 0. The zero-order chi connectivity index (χ0) is 14.7. The van der Waals surface area contributed by atoms with Gasteiger partial charge in [0.05, 0.1) is 0 Å². The lowest BCUT2D eigenvalue weighted by molar-refractivity contribution is -0.124. The largest absolute Gasteiger partial charge is 0.352 e. The van der Waals surface area contributed by atoms with Gasteiger partial charge in [-0.25, -0.2) is 0 Å². The van der Waals surface area contributed by atoms with E-state index >= 15 is 0 Å². The maximum atomic E-state index is 12.2. The molecule has 0 bridgehead atoms. The van der Waals surface area contributed by atoms with Crippen LogP contribution < -0.4 is 15.5 Å². The Morgan fingerprint density at radius 3 is 2.81 bits per heavy atom. The first kappa shape index (κ1) is 14.1. The molecular weight excluding hydrogens is 266 g/mol. The van der Waals surface area contributed by atoms with E-state index in [-0.39, 0.29) is 24.4 Å². The van der Waals surface area contributed by atoms with Gasteiger partial charge in [-0.05, 0) is 44.0 Å². The smallest absolute Gasteiger partial charge is 0.240 e. The third-order valence-corrected chi connectivity index (χ3v) is 4.20. The van der Waals surface area contributed by atoms with Gasteiger partial charge in [0.2, 0.25) is 11.8 Å². The van der Waals surface area contributed by atoms with Gasteiger partial charge in [0.1, 0.15) is 6.54 Å². The molecular formula is C16H21N3O2. The number of fused-ring (bicyclic) bond motifs is 1. The van der Waals surface area contributed by atoms with Crippen molar-refractivity contribution in [2.45, 2.75) is 31.7 Å². The van der Waals surface area contributed by atoms with Gasteiger partial charge in [-0.2, -0.15) is 0 Å². The van der Waals surface area contributed by atoms with Crippen LogP contribution in [0.15, 0.2) is 24.3 Å². The molecule has 3 rings (SSSR count). The third kappa shape index (κ3) is 3.24. The summed E-state index contributed by atoms with van der Waals surface area (Å²) in [6.45, 7) is 2.01. The molecule has 2 aliphatic rings. The summed E-state index contributed by atoms with van der Waals surface area (Å²) in [5.41, 5.74) is 2.03. The highest BCUT2D eigenvalue weighted by Crippen LogP contribution is 2.27. The van der Waals surface area contributed by atoms with Crippen molar-refractivity contribution >= 4 is 17.5 Å². The second kappa shape index (κ2) is 6.26. The van der Waals surface area contributed by atoms with E-state index in [1.54, 1.807) is 4.90 Å². The van der Waals surface area contributed by atoms with E-state index in [1.165, 1.54) is 0 Å². The molecule has 0 aliphatic carbocycles. The highest BCUT2D eigenvalue weighted by molar-refractivity contribution is 6.01. The fourth-order valence-electron chi connectivity index (χ4n) is 3.05. The number of carbonyl (C=O) groups excluding carboxylic acids is 2. The monoisotopic (exact) mass is 287 g/mol. The maximum Gasteiger partial charge on any atom is 0.240 e. The minimum atomic E-state index is -0.0630. The Hall–Kier alpha value is -1.88. The molecule has 2 heterocycles. The molecule has 5 heteroatoms. The van der Waals surface area contributed by atoms with Crippen LogP contribution in [0.1, 0.15) is 24.8 Å². The Morgan fingerprint density at radius 2 is 2.00 bits per heavy atom. The zero-order valence-corrected chi connectivity index (χ0v) is 12.1. The quantitative estimate of drug-likeness (QED) is 0.866. The summed E-state index contributed by atoms with van der Waals surface area (Å²) in [5, 5.41) is 6.32. The Kier molecular flexibility index (Phi) is 4.20. The second-order valence-corrected chi connectivity index (χ2v) is 5.70. The van der Waals surface area contributed by atoms with Crippen LogP contribution in [0.3, 0.4) is 0 Å². The fraction of sp³-hybridized carbons (Fsp3) is 0.500. The van der Waals surface area contributed by atoms with E-state index in [1.807, 2.05) is 24.3 Å². The highest BCUT2D eigenvalue weighted by Gasteiger charge is 2.26. The molecule has 1 saturated heterocycles. The molecule has 0 saturated carbocycles. The number of para-hydroxylation sites is 1. The molecule has 2 amide bonds. The van der Waals surface area contributed by atoms with E-state index in [0.717, 1.165) is 43.6 Å². The number of carbonyl (C=O) groups is 2. The SMILES string of the molecule is O=C(CN1C(=O)CCc2ccccc21)NC1CCNCC1. The number of nitrogens with zero attached hydrogens (tertiary/aromatic N) is 1. The predicted octanol–water partition coefficient (Wildman–Crippen LogP) is 0.834. The van der Waals surface area contributed by atoms with Crippen LogP contribution in [0.4, 0.5) is 5.69 Å². The Balaban J connectivity index is 1.66. The number of aryl methyl sites for hydroxylation is 1. The molecule has 5 nitrogen and oxygen atoms in total. The first-order valence-electron chi connectivity index (χ1n) is 7.62. The molecule has 21 heavy (non-hydrogen) atoms. The Labute approximate surface area is 124 Å². The molecule has 1 aromatic rings. The van der Waals surface area contributed by atoms with Crippen LogP contribution in [0, 0.1) is 0 Å². The second-order valence-electron chi connectivity index (χ2n) is 5.70. The minimum absolute atomic E-state index is 0.0363. The molecule has 0 radical (unpaired) electrons. The lowest BCUT2D eigenvalue weighted by atomic mass is 10.0. The summed E-state index contributed by atoms with van der Waals surface area (Å²) >= 11 is 0. The predicted molar refractivity (Wildman–Crippen MR) is 81.2 cm³/mol. The molecule has 2 N–H and O–H groups in total. The van der Waals surface area contributed by atoms with Crippen molar-refractivity contribution in [2.24, 2.45) is 0 Å². The summed E-state index contributed by atoms with van der Waals surface area (Å²) < 4.78 is 0. The van der Waals surface area contributed by atoms with Gasteiger partial charge in [0, 0.05) is 18.2 Å². The van der Waals surface area contributed by atoms with Gasteiger partial charge < -0.3 is 15.5 Å². The molecule has 0 atom stereocenters. The molecule has 112 valence electrons. The van der Waals surface area contributed by atoms with Crippen molar-refractivity contribution in [3.05, 3.63) is 29.8 Å². The van der Waals surface area contributed by atoms with Crippen LogP contribution >= 0.6 is 0 Å². The van der Waals surface area contributed by atoms with Gasteiger partial charge in [-0.3, -0.25) is 9.59 Å². The van der Waals surface area contributed by atoms with E-state index in [0.29, 0.717) is 6.42 Å². The fourth-order valence-corrected chi connectivity index (χ4v) is 3.05. The van der Waals surface area contributed by atoms with Crippen LogP contribution in [0.5, 0.6) is 0 Å². The lowest BCUT2D eigenvalue weighted by Crippen LogP contribution is -2.48. The van der Waals surface area contributed by atoms with E-state index in [2.05, 4.69) is 10.6 Å². The van der Waals surface area contributed by atoms with E-state index < -0.39 is 0 Å². The number of benzene rings is 1. The number of amides is 2. The molecule has 0 unspecified atom stereocenters. The van der Waals surface area contributed by atoms with Crippen LogP contribution in [0.2, 0.25) is 0 Å². The lowest BCUT2D eigenvalue weighted by Gasteiger charge is -2.30. The minimum Gasteiger partial charge on any atom is -0.352 e. The van der Waals surface area contributed by atoms with Gasteiger partial charge in [0.15, 0.2) is 0 Å². The third-order valence-electron chi connectivity index (χ3n) is 4.20. The average Bonchev–Trinajstić information content (AvgIpc) is 2.51. The van der Waals surface area contributed by atoms with E-state index in [9.17, 15) is 9.59 Å². The van der Waals surface area contributed by atoms with Gasteiger partial charge in [-0.15, -0.1) is 0 Å². The van der Waals surface area contributed by atoms with Gasteiger partial charge in [0.25, 0.3) is 0 Å². The van der Waals surface area contributed by atoms with Crippen molar-refractivity contribution < 1.29 is 9.59 Å². The molecule has 0 spiro atoms. The van der Waals surface area contributed by atoms with Crippen molar-refractivity contribution in [2.75, 3.05) is 24.5 Å². The standard InChI is InChI=1S/C16H21N3O2/c20-15(18-13-7-9-17-10-8-13)11-19-14-4-2-1-3-12(14)5-6-16(19)21/h1-4,13,17H,5-11H2,(H,18,20). The van der Waals surface area contributed by atoms with E-state index in [4.69, 9.17) is 0 Å². The number of hydrogen-bond donors (Lipinski definition) is 2. The first-order chi connectivity index (χ1) is 10.2. The summed E-state index contributed by atoms with van der Waals surface area (Å²) in [4.78, 5) is 26.0. The summed E-state index contributed by atoms with van der Waals surface area (Å²) in [6, 6.07) is 8.06. The Morgan fingerprint density at radius 1 is 1.24 bits per heavy atom. The number of anilines is 1. The van der Waals surface area contributed by atoms with Crippen molar-refractivity contribution in [3.8, 4) is 0 Å². The van der Waals surface area contributed by atoms with Gasteiger partial charge in [-0.1, -0.05) is 18.2 Å². The number of piperidine rings is 1. The van der Waals surface area contributed by atoms with Crippen LogP contribution in [-0.2, 0) is 16.0 Å². The molecule has 0 aromatic heterocycles. The average molecular weight is 287 g/mol. The molecule has 1 fully saturated rings. The van der Waals surface area contributed by atoms with Crippen LogP contribution in [-0.4, -0.2) is 37.5 Å². The summed E-state index contributed by atoms with van der Waals surface area (Å²) in [6.07, 6.45) is 3.16. The van der Waals surface area contributed by atoms with Crippen LogP contribution in [0.25, 0.3) is 0 Å². The number of rotatable bonds is 3. The Bertz CT molecular complexity index is 538. The first-order valence-corrected chi connectivity index (χ1v) is 7.62.